The van der Waals surface area contributed by atoms with Crippen molar-refractivity contribution in [1.82, 2.24) is 4.98 Å². The summed E-state index contributed by atoms with van der Waals surface area (Å²) in [6.45, 7) is 2.61. The summed E-state index contributed by atoms with van der Waals surface area (Å²) >= 11 is 0. The van der Waals surface area contributed by atoms with Crippen LogP contribution in [0.3, 0.4) is 0 Å². The van der Waals surface area contributed by atoms with Gasteiger partial charge in [-0.25, -0.2) is 4.98 Å². The summed E-state index contributed by atoms with van der Waals surface area (Å²) in [5.41, 5.74) is -0.714. The van der Waals surface area contributed by atoms with Crippen LogP contribution in [-0.4, -0.2) is 29.3 Å². The molecule has 2 rings (SSSR count). The minimum atomic E-state index is -4.40. The maximum Gasteiger partial charge on any atom is 0.419 e. The van der Waals surface area contributed by atoms with Crippen molar-refractivity contribution in [1.29, 1.82) is 0 Å². The highest BCUT2D eigenvalue weighted by Gasteiger charge is 2.37. The fourth-order valence-corrected chi connectivity index (χ4v) is 2.20. The first kappa shape index (κ1) is 13.1. The second-order valence-electron chi connectivity index (χ2n) is 4.65. The van der Waals surface area contributed by atoms with Crippen LogP contribution in [0.15, 0.2) is 18.3 Å². The molecule has 6 heteroatoms. The molecule has 1 fully saturated rings. The Kier molecular flexibility index (Phi) is 3.47. The van der Waals surface area contributed by atoms with Gasteiger partial charge in [-0.1, -0.05) is 6.92 Å². The third-order valence-electron chi connectivity index (χ3n) is 3.25. The van der Waals surface area contributed by atoms with E-state index in [1.807, 2.05) is 6.92 Å². The maximum atomic E-state index is 12.9. The van der Waals surface area contributed by atoms with Crippen molar-refractivity contribution in [2.75, 3.05) is 18.0 Å². The van der Waals surface area contributed by atoms with E-state index in [1.54, 1.807) is 4.90 Å². The molecule has 1 saturated heterocycles. The number of nitrogens with zero attached hydrogens (tertiary/aromatic N) is 2. The van der Waals surface area contributed by atoms with Crippen molar-refractivity contribution < 1.29 is 18.3 Å². The van der Waals surface area contributed by atoms with Gasteiger partial charge >= 0.3 is 6.18 Å². The molecule has 0 spiro atoms. The van der Waals surface area contributed by atoms with E-state index in [4.69, 9.17) is 0 Å². The molecule has 0 bridgehead atoms. The van der Waals surface area contributed by atoms with Crippen LogP contribution in [0, 0.1) is 5.92 Å². The number of aromatic nitrogens is 1. The van der Waals surface area contributed by atoms with E-state index in [-0.39, 0.29) is 11.7 Å². The summed E-state index contributed by atoms with van der Waals surface area (Å²) in [7, 11) is 0. The summed E-state index contributed by atoms with van der Waals surface area (Å²) < 4.78 is 38.6. The summed E-state index contributed by atoms with van der Waals surface area (Å²) in [5, 5.41) is 9.60. The zero-order valence-corrected chi connectivity index (χ0v) is 9.98. The minimum absolute atomic E-state index is 0.0382. The lowest BCUT2D eigenvalue weighted by molar-refractivity contribution is -0.137. The molecule has 1 aromatic heterocycles. The van der Waals surface area contributed by atoms with Crippen molar-refractivity contribution in [2.24, 2.45) is 5.92 Å². The molecule has 0 radical (unpaired) electrons. The van der Waals surface area contributed by atoms with Crippen LogP contribution in [0.4, 0.5) is 19.0 Å². The van der Waals surface area contributed by atoms with Gasteiger partial charge in [-0.2, -0.15) is 13.2 Å². The number of aliphatic hydroxyl groups is 1. The largest absolute Gasteiger partial charge is 0.419 e. The number of aliphatic hydroxyl groups excluding tert-OH is 1. The highest BCUT2D eigenvalue weighted by atomic mass is 19.4. The monoisotopic (exact) mass is 260 g/mol. The van der Waals surface area contributed by atoms with Gasteiger partial charge in [0, 0.05) is 19.3 Å². The predicted molar refractivity (Wildman–Crippen MR) is 61.2 cm³/mol. The number of anilines is 1. The molecule has 1 N–H and O–H groups in total. The highest BCUT2D eigenvalue weighted by molar-refractivity contribution is 5.48. The number of halogens is 3. The van der Waals surface area contributed by atoms with Crippen molar-refractivity contribution in [2.45, 2.75) is 25.6 Å². The lowest BCUT2D eigenvalue weighted by Crippen LogP contribution is -2.43. The molecule has 0 aliphatic carbocycles. The van der Waals surface area contributed by atoms with Crippen LogP contribution in [0.2, 0.25) is 0 Å². The van der Waals surface area contributed by atoms with Gasteiger partial charge in [0.25, 0.3) is 0 Å². The molecule has 1 aromatic rings. The van der Waals surface area contributed by atoms with Crippen molar-refractivity contribution in [3.63, 3.8) is 0 Å². The van der Waals surface area contributed by atoms with Gasteiger partial charge < -0.3 is 10.0 Å². The van der Waals surface area contributed by atoms with E-state index in [1.165, 1.54) is 12.3 Å². The molecule has 18 heavy (non-hydrogen) atoms. The molecule has 1 aliphatic rings. The average molecular weight is 260 g/mol. The van der Waals surface area contributed by atoms with E-state index in [0.29, 0.717) is 19.5 Å². The van der Waals surface area contributed by atoms with Gasteiger partial charge in [-0.3, -0.25) is 0 Å². The molecular weight excluding hydrogens is 245 g/mol. The van der Waals surface area contributed by atoms with E-state index < -0.39 is 17.8 Å². The number of piperidine rings is 1. The molecule has 2 heterocycles. The quantitative estimate of drug-likeness (QED) is 0.841. The lowest BCUT2D eigenvalue weighted by atomic mass is 9.96. The van der Waals surface area contributed by atoms with Crippen LogP contribution in [0.1, 0.15) is 18.9 Å². The zero-order chi connectivity index (χ0) is 13.3. The van der Waals surface area contributed by atoms with Gasteiger partial charge in [0.1, 0.15) is 5.82 Å². The molecule has 100 valence electrons. The first-order valence-electron chi connectivity index (χ1n) is 5.85. The fraction of sp³-hybridized carbons (Fsp3) is 0.583. The van der Waals surface area contributed by atoms with Gasteiger partial charge in [0.15, 0.2) is 0 Å². The SMILES string of the molecule is CC1CN(c2ncccc2C(F)(F)F)CCC1O. The molecule has 1 aliphatic heterocycles. The van der Waals surface area contributed by atoms with E-state index in [9.17, 15) is 18.3 Å². The molecule has 0 aromatic carbocycles. The van der Waals surface area contributed by atoms with Crippen molar-refractivity contribution in [3.8, 4) is 0 Å². The van der Waals surface area contributed by atoms with Gasteiger partial charge in [0.05, 0.1) is 11.7 Å². The maximum absolute atomic E-state index is 12.9. The van der Waals surface area contributed by atoms with Crippen LogP contribution in [0.5, 0.6) is 0 Å². The number of pyridine rings is 1. The van der Waals surface area contributed by atoms with Gasteiger partial charge in [0.2, 0.25) is 0 Å². The number of alkyl halides is 3. The predicted octanol–water partition coefficient (Wildman–Crippen LogP) is 2.31. The Morgan fingerprint density at radius 3 is 2.78 bits per heavy atom. The van der Waals surface area contributed by atoms with Crippen molar-refractivity contribution in [3.05, 3.63) is 23.9 Å². The normalized spacial score (nSPS) is 25.3. The molecule has 2 atom stereocenters. The van der Waals surface area contributed by atoms with E-state index in [0.717, 1.165) is 6.07 Å². The molecule has 0 saturated carbocycles. The summed E-state index contributed by atoms with van der Waals surface area (Å²) in [5.74, 6) is -0.0920. The van der Waals surface area contributed by atoms with Crippen molar-refractivity contribution >= 4 is 5.82 Å². The lowest BCUT2D eigenvalue weighted by Gasteiger charge is -2.36. The minimum Gasteiger partial charge on any atom is -0.393 e. The Balaban J connectivity index is 2.29. The highest BCUT2D eigenvalue weighted by Crippen LogP contribution is 2.36. The Bertz CT molecular complexity index is 422. The Hall–Kier alpha value is -1.30. The molecular formula is C12H15F3N2O. The van der Waals surface area contributed by atoms with Crippen LogP contribution in [-0.2, 0) is 6.18 Å². The first-order chi connectivity index (χ1) is 8.39. The summed E-state index contributed by atoms with van der Waals surface area (Å²) in [6, 6.07) is 2.33. The third kappa shape index (κ3) is 2.58. The second kappa shape index (κ2) is 4.76. The number of hydrogen-bond donors (Lipinski definition) is 1. The van der Waals surface area contributed by atoms with Crippen LogP contribution < -0.4 is 4.90 Å². The molecule has 0 amide bonds. The van der Waals surface area contributed by atoms with Crippen LogP contribution in [0.25, 0.3) is 0 Å². The Morgan fingerprint density at radius 1 is 1.44 bits per heavy atom. The average Bonchev–Trinajstić information content (AvgIpc) is 2.32. The van der Waals surface area contributed by atoms with E-state index >= 15 is 0 Å². The Labute approximate surface area is 103 Å². The summed E-state index contributed by atoms with van der Waals surface area (Å²) in [6.07, 6.45) is -3.02. The second-order valence-corrected chi connectivity index (χ2v) is 4.65. The number of rotatable bonds is 1. The third-order valence-corrected chi connectivity index (χ3v) is 3.25. The standard InChI is InChI=1S/C12H15F3N2O/c1-8-7-17(6-4-10(8)18)11-9(12(13,14)15)3-2-5-16-11/h2-3,5,8,10,18H,4,6-7H2,1H3. The smallest absolute Gasteiger partial charge is 0.393 e. The van der Waals surface area contributed by atoms with E-state index in [2.05, 4.69) is 4.98 Å². The first-order valence-corrected chi connectivity index (χ1v) is 5.85. The molecule has 2 unspecified atom stereocenters. The fourth-order valence-electron chi connectivity index (χ4n) is 2.20. The molecule has 3 nitrogen and oxygen atoms in total. The number of hydrogen-bond acceptors (Lipinski definition) is 3. The zero-order valence-electron chi connectivity index (χ0n) is 9.98. The van der Waals surface area contributed by atoms with Gasteiger partial charge in [-0.15, -0.1) is 0 Å². The Morgan fingerprint density at radius 2 is 2.17 bits per heavy atom. The van der Waals surface area contributed by atoms with Crippen LogP contribution >= 0.6 is 0 Å². The topological polar surface area (TPSA) is 36.4 Å². The van der Waals surface area contributed by atoms with Gasteiger partial charge in [-0.05, 0) is 24.5 Å². The summed E-state index contributed by atoms with van der Waals surface area (Å²) in [4.78, 5) is 5.45.